The second kappa shape index (κ2) is 7.26. The molecule has 2 N–H and O–H groups in total. The van der Waals surface area contributed by atoms with Crippen LogP contribution in [0.5, 0.6) is 5.75 Å². The predicted octanol–water partition coefficient (Wildman–Crippen LogP) is 3.86. The lowest BCUT2D eigenvalue weighted by Gasteiger charge is -2.09. The molecule has 1 heterocycles. The van der Waals surface area contributed by atoms with Crippen molar-refractivity contribution in [3.63, 3.8) is 0 Å². The number of aromatic nitrogens is 1. The minimum absolute atomic E-state index is 0.00710. The molecule has 0 aliphatic rings. The first-order valence-corrected chi connectivity index (χ1v) is 7.93. The zero-order chi connectivity index (χ0) is 16.1. The summed E-state index contributed by atoms with van der Waals surface area (Å²) in [6, 6.07) is 7.65. The summed E-state index contributed by atoms with van der Waals surface area (Å²) in [6.07, 6.45) is 0.00710. The second-order valence-corrected chi connectivity index (χ2v) is 6.54. The van der Waals surface area contributed by atoms with Crippen LogP contribution in [0.4, 0.5) is 10.8 Å². The maximum atomic E-state index is 10.8. The number of nitrogens with zero attached hydrogens (tertiary/aromatic N) is 1. The standard InChI is InChI=1S/C16H20N2O3S/c1-10(2)9-21-13-6-4-12(5-7-13)18-16-17-11(3)14(22-16)8-15(19)20/h4-7,10H,8-9H2,1-3H3,(H,17,18)(H,19,20). The van der Waals surface area contributed by atoms with E-state index in [2.05, 4.69) is 24.1 Å². The first kappa shape index (κ1) is 16.3. The van der Waals surface area contributed by atoms with Crippen molar-refractivity contribution in [2.24, 2.45) is 5.92 Å². The smallest absolute Gasteiger partial charge is 0.308 e. The quantitative estimate of drug-likeness (QED) is 0.810. The second-order valence-electron chi connectivity index (χ2n) is 5.45. The van der Waals surface area contributed by atoms with Gasteiger partial charge in [-0.3, -0.25) is 4.79 Å². The fourth-order valence-electron chi connectivity index (χ4n) is 1.80. The molecule has 2 rings (SSSR count). The Hall–Kier alpha value is -2.08. The van der Waals surface area contributed by atoms with Gasteiger partial charge in [-0.1, -0.05) is 13.8 Å². The summed E-state index contributed by atoms with van der Waals surface area (Å²) in [5.41, 5.74) is 1.65. The van der Waals surface area contributed by atoms with Gasteiger partial charge >= 0.3 is 5.97 Å². The lowest BCUT2D eigenvalue weighted by Crippen LogP contribution is -2.04. The summed E-state index contributed by atoms with van der Waals surface area (Å²) in [6.45, 7) is 6.73. The Morgan fingerprint density at radius 2 is 2.05 bits per heavy atom. The number of hydrogen-bond acceptors (Lipinski definition) is 5. The van der Waals surface area contributed by atoms with Crippen LogP contribution in [0.15, 0.2) is 24.3 Å². The van der Waals surface area contributed by atoms with Crippen LogP contribution in [0.1, 0.15) is 24.4 Å². The van der Waals surface area contributed by atoms with E-state index in [0.29, 0.717) is 17.7 Å². The number of carboxylic acids is 1. The Labute approximate surface area is 134 Å². The molecule has 0 atom stereocenters. The minimum Gasteiger partial charge on any atom is -0.493 e. The summed E-state index contributed by atoms with van der Waals surface area (Å²) < 4.78 is 5.63. The van der Waals surface area contributed by atoms with Crippen LogP contribution < -0.4 is 10.1 Å². The van der Waals surface area contributed by atoms with Crippen molar-refractivity contribution in [3.8, 4) is 5.75 Å². The van der Waals surface area contributed by atoms with Crippen molar-refractivity contribution < 1.29 is 14.6 Å². The molecule has 0 fully saturated rings. The highest BCUT2D eigenvalue weighted by Crippen LogP contribution is 2.27. The summed E-state index contributed by atoms with van der Waals surface area (Å²) in [5, 5.41) is 12.7. The number of anilines is 2. The molecule has 0 radical (unpaired) electrons. The van der Waals surface area contributed by atoms with Gasteiger partial charge in [0.1, 0.15) is 5.75 Å². The van der Waals surface area contributed by atoms with Gasteiger partial charge in [0.05, 0.1) is 18.7 Å². The zero-order valence-electron chi connectivity index (χ0n) is 12.9. The molecule has 1 aromatic carbocycles. The van der Waals surface area contributed by atoms with E-state index in [4.69, 9.17) is 9.84 Å². The molecule has 6 heteroatoms. The molecular formula is C16H20N2O3S. The van der Waals surface area contributed by atoms with Crippen LogP contribution in [0.3, 0.4) is 0 Å². The summed E-state index contributed by atoms with van der Waals surface area (Å²) >= 11 is 1.37. The molecule has 0 unspecified atom stereocenters. The van der Waals surface area contributed by atoms with Gasteiger partial charge in [-0.15, -0.1) is 11.3 Å². The van der Waals surface area contributed by atoms with E-state index in [1.54, 1.807) is 0 Å². The van der Waals surface area contributed by atoms with E-state index >= 15 is 0 Å². The van der Waals surface area contributed by atoms with Crippen LogP contribution in [-0.2, 0) is 11.2 Å². The molecular weight excluding hydrogens is 300 g/mol. The van der Waals surface area contributed by atoms with Gasteiger partial charge in [0.25, 0.3) is 0 Å². The van der Waals surface area contributed by atoms with E-state index in [-0.39, 0.29) is 6.42 Å². The number of aryl methyl sites for hydroxylation is 1. The Kier molecular flexibility index (Phi) is 5.38. The highest BCUT2D eigenvalue weighted by molar-refractivity contribution is 7.15. The van der Waals surface area contributed by atoms with Crippen molar-refractivity contribution in [2.45, 2.75) is 27.2 Å². The molecule has 5 nitrogen and oxygen atoms in total. The van der Waals surface area contributed by atoms with Crippen molar-refractivity contribution in [3.05, 3.63) is 34.8 Å². The fraction of sp³-hybridized carbons (Fsp3) is 0.375. The van der Waals surface area contributed by atoms with Gasteiger partial charge in [-0.25, -0.2) is 4.98 Å². The van der Waals surface area contributed by atoms with Crippen LogP contribution >= 0.6 is 11.3 Å². The van der Waals surface area contributed by atoms with Gasteiger partial charge in [0, 0.05) is 10.6 Å². The van der Waals surface area contributed by atoms with Crippen molar-refractivity contribution >= 4 is 28.1 Å². The van der Waals surface area contributed by atoms with Gasteiger partial charge in [0.15, 0.2) is 5.13 Å². The first-order chi connectivity index (χ1) is 10.4. The van der Waals surface area contributed by atoms with Crippen LogP contribution in [0.25, 0.3) is 0 Å². The van der Waals surface area contributed by atoms with E-state index in [9.17, 15) is 4.79 Å². The van der Waals surface area contributed by atoms with E-state index in [0.717, 1.165) is 22.0 Å². The molecule has 0 amide bonds. The highest BCUT2D eigenvalue weighted by Gasteiger charge is 2.11. The summed E-state index contributed by atoms with van der Waals surface area (Å²) in [7, 11) is 0. The molecule has 0 aliphatic heterocycles. The Bertz CT molecular complexity index is 635. The molecule has 0 spiro atoms. The van der Waals surface area contributed by atoms with E-state index in [1.165, 1.54) is 11.3 Å². The molecule has 118 valence electrons. The van der Waals surface area contributed by atoms with E-state index < -0.39 is 5.97 Å². The molecule has 0 saturated heterocycles. The number of hydrogen-bond donors (Lipinski definition) is 2. The van der Waals surface area contributed by atoms with Gasteiger partial charge in [0.2, 0.25) is 0 Å². The number of thiazole rings is 1. The van der Waals surface area contributed by atoms with Gasteiger partial charge < -0.3 is 15.2 Å². The highest BCUT2D eigenvalue weighted by atomic mass is 32.1. The monoisotopic (exact) mass is 320 g/mol. The van der Waals surface area contributed by atoms with Crippen LogP contribution in [0, 0.1) is 12.8 Å². The largest absolute Gasteiger partial charge is 0.493 e. The average Bonchev–Trinajstić information content (AvgIpc) is 2.77. The third kappa shape index (κ3) is 4.73. The number of rotatable bonds is 7. The Morgan fingerprint density at radius 1 is 1.36 bits per heavy atom. The third-order valence-electron chi connectivity index (χ3n) is 2.89. The SMILES string of the molecule is Cc1nc(Nc2ccc(OCC(C)C)cc2)sc1CC(=O)O. The molecule has 0 bridgehead atoms. The van der Waals surface area contributed by atoms with Crippen molar-refractivity contribution in [1.82, 2.24) is 4.98 Å². The topological polar surface area (TPSA) is 71.5 Å². The number of carbonyl (C=O) groups is 1. The molecule has 22 heavy (non-hydrogen) atoms. The average molecular weight is 320 g/mol. The molecule has 2 aromatic rings. The van der Waals surface area contributed by atoms with E-state index in [1.807, 2.05) is 31.2 Å². The molecule has 1 aromatic heterocycles. The normalized spacial score (nSPS) is 10.7. The molecule has 0 aliphatic carbocycles. The first-order valence-electron chi connectivity index (χ1n) is 7.12. The molecule has 0 saturated carbocycles. The maximum Gasteiger partial charge on any atom is 0.308 e. The number of aliphatic carboxylic acids is 1. The number of carboxylic acid groups (broad SMARTS) is 1. The number of nitrogens with one attached hydrogen (secondary N) is 1. The maximum absolute atomic E-state index is 10.8. The number of ether oxygens (including phenoxy) is 1. The summed E-state index contributed by atoms with van der Waals surface area (Å²) in [4.78, 5) is 15.9. The lowest BCUT2D eigenvalue weighted by atomic mass is 10.2. The van der Waals surface area contributed by atoms with Crippen molar-refractivity contribution in [1.29, 1.82) is 0 Å². The Balaban J connectivity index is 2.00. The summed E-state index contributed by atoms with van der Waals surface area (Å²) in [5.74, 6) is 0.481. The van der Waals surface area contributed by atoms with Crippen LogP contribution in [0.2, 0.25) is 0 Å². The van der Waals surface area contributed by atoms with Crippen molar-refractivity contribution in [2.75, 3.05) is 11.9 Å². The minimum atomic E-state index is -0.843. The third-order valence-corrected chi connectivity index (χ3v) is 3.97. The predicted molar refractivity (Wildman–Crippen MR) is 88.2 cm³/mol. The zero-order valence-corrected chi connectivity index (χ0v) is 13.7. The lowest BCUT2D eigenvalue weighted by molar-refractivity contribution is -0.136. The fourth-order valence-corrected chi connectivity index (χ4v) is 2.78. The van der Waals surface area contributed by atoms with Crippen LogP contribution in [-0.4, -0.2) is 22.7 Å². The van der Waals surface area contributed by atoms with Gasteiger partial charge in [-0.2, -0.15) is 0 Å². The van der Waals surface area contributed by atoms with Gasteiger partial charge in [-0.05, 0) is 37.1 Å². The Morgan fingerprint density at radius 3 is 2.64 bits per heavy atom. The number of benzene rings is 1.